The van der Waals surface area contributed by atoms with E-state index in [4.69, 9.17) is 10.2 Å². The van der Waals surface area contributed by atoms with Gasteiger partial charge in [0.2, 0.25) is 0 Å². The minimum absolute atomic E-state index is 0.0317. The van der Waals surface area contributed by atoms with Crippen molar-refractivity contribution >= 4 is 5.97 Å². The topological polar surface area (TPSA) is 103 Å². The van der Waals surface area contributed by atoms with Crippen LogP contribution in [0.1, 0.15) is 34.6 Å². The molecule has 0 amide bonds. The van der Waals surface area contributed by atoms with E-state index in [9.17, 15) is 9.90 Å². The Bertz CT molecular complexity index is 464. The van der Waals surface area contributed by atoms with Crippen LogP contribution in [0.5, 0.6) is 0 Å². The molecule has 2 unspecified atom stereocenters. The van der Waals surface area contributed by atoms with E-state index in [0.717, 1.165) is 11.3 Å². The van der Waals surface area contributed by atoms with E-state index in [1.165, 1.54) is 6.07 Å². The fraction of sp³-hybridized carbons (Fsp3) is 0.538. The van der Waals surface area contributed by atoms with Crippen LogP contribution >= 0.6 is 0 Å². The molecule has 0 saturated carbocycles. The van der Waals surface area contributed by atoms with Gasteiger partial charge in [0.15, 0.2) is 0 Å². The predicted octanol–water partition coefficient (Wildman–Crippen LogP) is -0.0725. The summed E-state index contributed by atoms with van der Waals surface area (Å²) in [6, 6.07) is 3.11. The fourth-order valence-corrected chi connectivity index (χ4v) is 2.28. The molecule has 19 heavy (non-hydrogen) atoms. The molecule has 1 aliphatic rings. The van der Waals surface area contributed by atoms with E-state index in [2.05, 4.69) is 10.3 Å². The van der Waals surface area contributed by atoms with Crippen LogP contribution in [0.2, 0.25) is 0 Å². The zero-order valence-corrected chi connectivity index (χ0v) is 10.5. The van der Waals surface area contributed by atoms with Gasteiger partial charge in [-0.1, -0.05) is 6.07 Å². The summed E-state index contributed by atoms with van der Waals surface area (Å²) < 4.78 is 0. The molecule has 2 atom stereocenters. The van der Waals surface area contributed by atoms with E-state index >= 15 is 0 Å². The number of pyridine rings is 1. The summed E-state index contributed by atoms with van der Waals surface area (Å²) in [4.78, 5) is 15.0. The van der Waals surface area contributed by atoms with Crippen molar-refractivity contribution in [3.05, 3.63) is 29.1 Å². The Labute approximate surface area is 111 Å². The first-order chi connectivity index (χ1) is 9.11. The van der Waals surface area contributed by atoms with Crippen LogP contribution in [0.25, 0.3) is 0 Å². The monoisotopic (exact) mass is 266 g/mol. The summed E-state index contributed by atoms with van der Waals surface area (Å²) in [5.41, 5.74) is 1.73. The Morgan fingerprint density at radius 1 is 1.53 bits per heavy atom. The third kappa shape index (κ3) is 3.28. The van der Waals surface area contributed by atoms with Crippen molar-refractivity contribution in [3.8, 4) is 0 Å². The predicted molar refractivity (Wildman–Crippen MR) is 67.9 cm³/mol. The summed E-state index contributed by atoms with van der Waals surface area (Å²) in [6.45, 7) is 0.630. The number of hydrogen-bond donors (Lipinski definition) is 4. The van der Waals surface area contributed by atoms with Gasteiger partial charge in [-0.2, -0.15) is 0 Å². The summed E-state index contributed by atoms with van der Waals surface area (Å²) in [6.07, 6.45) is 1.01. The average Bonchev–Trinajstić information content (AvgIpc) is 2.43. The summed E-state index contributed by atoms with van der Waals surface area (Å²) in [7, 11) is 0. The van der Waals surface area contributed by atoms with Gasteiger partial charge in [0.05, 0.1) is 6.10 Å². The molecule has 2 heterocycles. The van der Waals surface area contributed by atoms with Crippen LogP contribution in [0.4, 0.5) is 0 Å². The molecule has 4 N–H and O–H groups in total. The maximum absolute atomic E-state index is 10.9. The van der Waals surface area contributed by atoms with Crippen molar-refractivity contribution in [1.29, 1.82) is 0 Å². The van der Waals surface area contributed by atoms with Crippen molar-refractivity contribution in [1.82, 2.24) is 10.3 Å². The zero-order valence-electron chi connectivity index (χ0n) is 10.5. The Hall–Kier alpha value is -1.50. The van der Waals surface area contributed by atoms with Gasteiger partial charge in [0.25, 0.3) is 0 Å². The van der Waals surface area contributed by atoms with Crippen molar-refractivity contribution in [3.63, 3.8) is 0 Å². The van der Waals surface area contributed by atoms with Crippen LogP contribution in [-0.2, 0) is 13.0 Å². The smallest absolute Gasteiger partial charge is 0.354 e. The second kappa shape index (κ2) is 6.10. The lowest BCUT2D eigenvalue weighted by molar-refractivity contribution is 0.0689. The number of aromatic carboxylic acids is 1. The standard InChI is InChI=1S/C13H18N2O4/c16-5-1-2-12(17)11-6-10-8(7-14-11)3-4-9(15-10)13(18)19/h3-4,11-12,14,16-17H,1-2,5-7H2,(H,18,19). The molecule has 0 saturated heterocycles. The number of carboxylic acids is 1. The molecule has 0 bridgehead atoms. The first-order valence-electron chi connectivity index (χ1n) is 6.36. The minimum Gasteiger partial charge on any atom is -0.477 e. The maximum atomic E-state index is 10.9. The van der Waals surface area contributed by atoms with Crippen LogP contribution in [0.3, 0.4) is 0 Å². The van der Waals surface area contributed by atoms with E-state index in [1.807, 2.05) is 0 Å². The van der Waals surface area contributed by atoms with Gasteiger partial charge >= 0.3 is 5.97 Å². The molecule has 1 aromatic heterocycles. The lowest BCUT2D eigenvalue weighted by Crippen LogP contribution is -2.44. The van der Waals surface area contributed by atoms with E-state index in [1.54, 1.807) is 6.07 Å². The number of nitrogens with one attached hydrogen (secondary N) is 1. The Morgan fingerprint density at radius 3 is 3.00 bits per heavy atom. The van der Waals surface area contributed by atoms with Crippen LogP contribution in [0.15, 0.2) is 12.1 Å². The SMILES string of the molecule is O=C(O)c1ccc2c(n1)CC(C(O)CCCO)NC2. The second-order valence-electron chi connectivity index (χ2n) is 4.73. The highest BCUT2D eigenvalue weighted by Crippen LogP contribution is 2.18. The molecule has 0 aromatic carbocycles. The largest absolute Gasteiger partial charge is 0.477 e. The first-order valence-corrected chi connectivity index (χ1v) is 6.36. The molecule has 6 heteroatoms. The number of hydrogen-bond acceptors (Lipinski definition) is 5. The normalized spacial score (nSPS) is 19.8. The van der Waals surface area contributed by atoms with Crippen LogP contribution < -0.4 is 5.32 Å². The molecule has 0 spiro atoms. The quantitative estimate of drug-likeness (QED) is 0.595. The third-order valence-electron chi connectivity index (χ3n) is 3.38. The summed E-state index contributed by atoms with van der Waals surface area (Å²) >= 11 is 0. The van der Waals surface area contributed by atoms with Crippen molar-refractivity contribution in [2.24, 2.45) is 0 Å². The zero-order chi connectivity index (χ0) is 13.8. The molecule has 6 nitrogen and oxygen atoms in total. The number of rotatable bonds is 5. The number of fused-ring (bicyclic) bond motifs is 1. The van der Waals surface area contributed by atoms with Gasteiger partial charge in [-0.05, 0) is 24.5 Å². The number of aromatic nitrogens is 1. The van der Waals surface area contributed by atoms with Gasteiger partial charge in [-0.25, -0.2) is 9.78 Å². The molecule has 1 aliphatic heterocycles. The first kappa shape index (κ1) is 13.9. The van der Waals surface area contributed by atoms with Gasteiger partial charge in [-0.3, -0.25) is 0 Å². The molecular formula is C13H18N2O4. The van der Waals surface area contributed by atoms with Crippen molar-refractivity contribution in [2.45, 2.75) is 38.0 Å². The average molecular weight is 266 g/mol. The molecule has 0 fully saturated rings. The molecule has 0 radical (unpaired) electrons. The Morgan fingerprint density at radius 2 is 2.32 bits per heavy atom. The third-order valence-corrected chi connectivity index (χ3v) is 3.38. The van der Waals surface area contributed by atoms with Gasteiger partial charge in [0, 0.05) is 31.3 Å². The van der Waals surface area contributed by atoms with Crippen molar-refractivity contribution in [2.75, 3.05) is 6.61 Å². The Kier molecular flexibility index (Phi) is 4.47. The summed E-state index contributed by atoms with van der Waals surface area (Å²) in [5, 5.41) is 30.9. The fourth-order valence-electron chi connectivity index (χ4n) is 2.28. The number of nitrogens with zero attached hydrogens (tertiary/aromatic N) is 1. The molecule has 0 aliphatic carbocycles. The molecular weight excluding hydrogens is 248 g/mol. The summed E-state index contributed by atoms with van der Waals surface area (Å²) in [5.74, 6) is -1.04. The molecule has 104 valence electrons. The highest BCUT2D eigenvalue weighted by molar-refractivity contribution is 5.85. The van der Waals surface area contributed by atoms with E-state index in [-0.39, 0.29) is 18.3 Å². The van der Waals surface area contributed by atoms with Crippen molar-refractivity contribution < 1.29 is 20.1 Å². The molecule has 2 rings (SSSR count). The highest BCUT2D eigenvalue weighted by Gasteiger charge is 2.25. The number of carboxylic acid groups (broad SMARTS) is 1. The van der Waals surface area contributed by atoms with Crippen LogP contribution in [-0.4, -0.2) is 45.0 Å². The van der Waals surface area contributed by atoms with Gasteiger partial charge < -0.3 is 20.6 Å². The lowest BCUT2D eigenvalue weighted by atomic mass is 9.94. The van der Waals surface area contributed by atoms with Gasteiger partial charge in [0.1, 0.15) is 5.69 Å². The maximum Gasteiger partial charge on any atom is 0.354 e. The van der Waals surface area contributed by atoms with Crippen LogP contribution in [0, 0.1) is 0 Å². The highest BCUT2D eigenvalue weighted by atomic mass is 16.4. The number of aliphatic hydroxyl groups is 2. The molecule has 1 aromatic rings. The lowest BCUT2D eigenvalue weighted by Gasteiger charge is -2.29. The number of carbonyl (C=O) groups is 1. The van der Waals surface area contributed by atoms with Gasteiger partial charge in [-0.15, -0.1) is 0 Å². The second-order valence-corrected chi connectivity index (χ2v) is 4.73. The van der Waals surface area contributed by atoms with E-state index in [0.29, 0.717) is 25.8 Å². The van der Waals surface area contributed by atoms with E-state index < -0.39 is 12.1 Å². The minimum atomic E-state index is -1.04. The number of aliphatic hydroxyl groups excluding tert-OH is 2. The Balaban J connectivity index is 2.09.